The summed E-state index contributed by atoms with van der Waals surface area (Å²) >= 11 is 6.04. The van der Waals surface area contributed by atoms with E-state index in [4.69, 9.17) is 22.1 Å². The molecule has 2 aromatic carbocycles. The van der Waals surface area contributed by atoms with E-state index in [0.29, 0.717) is 5.02 Å². The molecule has 0 fully saturated rings. The first-order valence-corrected chi connectivity index (χ1v) is 8.97. The highest BCUT2D eigenvalue weighted by molar-refractivity contribution is 6.30. The van der Waals surface area contributed by atoms with Gasteiger partial charge >= 0.3 is 0 Å². The van der Waals surface area contributed by atoms with Gasteiger partial charge in [-0.05, 0) is 74.7 Å². The molecule has 0 aliphatic rings. The second-order valence-corrected chi connectivity index (χ2v) is 7.24. The maximum atomic E-state index is 6.19. The maximum absolute atomic E-state index is 6.19. The van der Waals surface area contributed by atoms with Crippen LogP contribution in [0.25, 0.3) is 5.70 Å². The number of nitrogens with one attached hydrogen (secondary N) is 1. The average Bonchev–Trinajstić information content (AvgIpc) is 2.54. The Balaban J connectivity index is 2.20. The third kappa shape index (κ3) is 5.43. The Morgan fingerprint density at radius 3 is 2.60 bits per heavy atom. The van der Waals surface area contributed by atoms with E-state index in [0.717, 1.165) is 41.1 Å². The van der Waals surface area contributed by atoms with Crippen molar-refractivity contribution in [3.63, 3.8) is 0 Å². The van der Waals surface area contributed by atoms with Gasteiger partial charge < -0.3 is 15.8 Å². The van der Waals surface area contributed by atoms with Gasteiger partial charge in [-0.1, -0.05) is 31.0 Å². The number of nitrogens with two attached hydrogens (primary N) is 1. The van der Waals surface area contributed by atoms with Crippen LogP contribution in [-0.4, -0.2) is 5.60 Å². The number of ether oxygens (including phenoxy) is 1. The van der Waals surface area contributed by atoms with Crippen molar-refractivity contribution in [2.45, 2.75) is 46.1 Å². The Bertz CT molecular complexity index is 753. The minimum absolute atomic E-state index is 0.174. The zero-order valence-corrected chi connectivity index (χ0v) is 16.2. The number of rotatable bonds is 7. The van der Waals surface area contributed by atoms with Crippen molar-refractivity contribution in [2.24, 2.45) is 5.73 Å². The van der Waals surface area contributed by atoms with Crippen LogP contribution in [0.5, 0.6) is 5.75 Å². The number of hydrogen-bond acceptors (Lipinski definition) is 3. The molecule has 134 valence electrons. The largest absolute Gasteiger partial charge is 0.488 e. The topological polar surface area (TPSA) is 47.3 Å². The van der Waals surface area contributed by atoms with Gasteiger partial charge in [0.25, 0.3) is 0 Å². The molecule has 0 saturated carbocycles. The fourth-order valence-corrected chi connectivity index (χ4v) is 3.00. The van der Waals surface area contributed by atoms with Crippen LogP contribution >= 0.6 is 11.6 Å². The number of halogens is 1. The van der Waals surface area contributed by atoms with E-state index >= 15 is 0 Å². The molecule has 2 rings (SSSR count). The fourth-order valence-electron chi connectivity index (χ4n) is 2.81. The molecule has 0 heterocycles. The Hall–Kier alpha value is -2.13. The van der Waals surface area contributed by atoms with Gasteiger partial charge in [-0.2, -0.15) is 0 Å². The first-order valence-electron chi connectivity index (χ1n) is 8.59. The van der Waals surface area contributed by atoms with E-state index in [9.17, 15) is 0 Å². The van der Waals surface area contributed by atoms with Gasteiger partial charge in [-0.15, -0.1) is 0 Å². The molecular weight excluding hydrogens is 332 g/mol. The lowest BCUT2D eigenvalue weighted by molar-refractivity contribution is 0.0976. The van der Waals surface area contributed by atoms with Crippen molar-refractivity contribution < 1.29 is 4.74 Å². The van der Waals surface area contributed by atoms with Crippen LogP contribution in [0.1, 0.15) is 44.7 Å². The molecule has 0 amide bonds. The zero-order chi connectivity index (χ0) is 18.4. The SMILES string of the molecule is CCCC(C)(C)Oc1ccc(/C(=C/N)Nc2cccc(Cl)c2)cc1C. The van der Waals surface area contributed by atoms with Crippen molar-refractivity contribution in [3.05, 3.63) is 64.8 Å². The van der Waals surface area contributed by atoms with E-state index in [1.54, 1.807) is 6.20 Å². The summed E-state index contributed by atoms with van der Waals surface area (Å²) in [6, 6.07) is 13.7. The van der Waals surface area contributed by atoms with E-state index in [2.05, 4.69) is 32.2 Å². The van der Waals surface area contributed by atoms with Gasteiger partial charge in [0.2, 0.25) is 0 Å². The Kier molecular flexibility index (Phi) is 6.38. The minimum Gasteiger partial charge on any atom is -0.488 e. The second-order valence-electron chi connectivity index (χ2n) is 6.81. The number of hydrogen-bond donors (Lipinski definition) is 2. The quantitative estimate of drug-likeness (QED) is 0.640. The van der Waals surface area contributed by atoms with Gasteiger partial charge in [0.05, 0.1) is 5.70 Å². The minimum atomic E-state index is -0.174. The lowest BCUT2D eigenvalue weighted by Crippen LogP contribution is -2.28. The third-order valence-electron chi connectivity index (χ3n) is 3.99. The smallest absolute Gasteiger partial charge is 0.123 e. The van der Waals surface area contributed by atoms with Crippen molar-refractivity contribution in [1.29, 1.82) is 0 Å². The van der Waals surface area contributed by atoms with Gasteiger partial charge in [0.1, 0.15) is 11.4 Å². The predicted molar refractivity (Wildman–Crippen MR) is 108 cm³/mol. The number of aryl methyl sites for hydroxylation is 1. The van der Waals surface area contributed by atoms with Crippen LogP contribution in [0.2, 0.25) is 5.02 Å². The molecular formula is C21H27ClN2O. The Morgan fingerprint density at radius 2 is 2.00 bits per heavy atom. The van der Waals surface area contributed by atoms with Crippen LogP contribution < -0.4 is 15.8 Å². The maximum Gasteiger partial charge on any atom is 0.123 e. The van der Waals surface area contributed by atoms with Crippen molar-refractivity contribution in [3.8, 4) is 5.75 Å². The Labute approximate surface area is 155 Å². The third-order valence-corrected chi connectivity index (χ3v) is 4.23. The first-order chi connectivity index (χ1) is 11.8. The molecule has 25 heavy (non-hydrogen) atoms. The molecule has 3 nitrogen and oxygen atoms in total. The lowest BCUT2D eigenvalue weighted by Gasteiger charge is -2.27. The van der Waals surface area contributed by atoms with E-state index in [1.807, 2.05) is 43.3 Å². The van der Waals surface area contributed by atoms with Gasteiger partial charge in [-0.3, -0.25) is 0 Å². The molecule has 0 aliphatic heterocycles. The summed E-state index contributed by atoms with van der Waals surface area (Å²) in [4.78, 5) is 0. The van der Waals surface area contributed by atoms with Crippen LogP contribution in [0.3, 0.4) is 0 Å². The molecule has 0 bridgehead atoms. The predicted octanol–water partition coefficient (Wildman–Crippen LogP) is 5.98. The summed E-state index contributed by atoms with van der Waals surface area (Å²) in [5.74, 6) is 0.904. The molecule has 4 heteroatoms. The Morgan fingerprint density at radius 1 is 1.24 bits per heavy atom. The van der Waals surface area contributed by atoms with E-state index in [-0.39, 0.29) is 5.60 Å². The first kappa shape index (κ1) is 19.2. The van der Waals surface area contributed by atoms with Crippen LogP contribution in [0.15, 0.2) is 48.7 Å². The van der Waals surface area contributed by atoms with Gasteiger partial charge in [0.15, 0.2) is 0 Å². The molecule has 0 unspecified atom stereocenters. The summed E-state index contributed by atoms with van der Waals surface area (Å²) in [7, 11) is 0. The zero-order valence-electron chi connectivity index (χ0n) is 15.4. The van der Waals surface area contributed by atoms with Crippen molar-refractivity contribution in [2.75, 3.05) is 5.32 Å². The summed E-state index contributed by atoms with van der Waals surface area (Å²) in [6.07, 6.45) is 3.67. The summed E-state index contributed by atoms with van der Waals surface area (Å²) in [6.45, 7) is 8.46. The number of benzene rings is 2. The van der Waals surface area contributed by atoms with E-state index in [1.165, 1.54) is 0 Å². The second kappa shape index (κ2) is 8.30. The summed E-state index contributed by atoms with van der Waals surface area (Å²) in [5, 5.41) is 3.99. The monoisotopic (exact) mass is 358 g/mol. The van der Waals surface area contributed by atoms with Crippen LogP contribution in [-0.2, 0) is 0 Å². The highest BCUT2D eigenvalue weighted by atomic mass is 35.5. The summed E-state index contributed by atoms with van der Waals surface area (Å²) in [5.41, 5.74) is 9.45. The van der Waals surface area contributed by atoms with Gasteiger partial charge in [-0.25, -0.2) is 0 Å². The molecule has 2 aromatic rings. The van der Waals surface area contributed by atoms with Gasteiger partial charge in [0, 0.05) is 16.9 Å². The molecule has 0 radical (unpaired) electrons. The molecule has 0 saturated heterocycles. The highest BCUT2D eigenvalue weighted by Crippen LogP contribution is 2.29. The highest BCUT2D eigenvalue weighted by Gasteiger charge is 2.19. The van der Waals surface area contributed by atoms with Crippen LogP contribution in [0.4, 0.5) is 5.69 Å². The number of anilines is 1. The molecule has 0 atom stereocenters. The molecule has 3 N–H and O–H groups in total. The van der Waals surface area contributed by atoms with Crippen molar-refractivity contribution >= 4 is 23.0 Å². The molecule has 0 spiro atoms. The van der Waals surface area contributed by atoms with Crippen molar-refractivity contribution in [1.82, 2.24) is 0 Å². The average molecular weight is 359 g/mol. The molecule has 0 aromatic heterocycles. The standard InChI is InChI=1S/C21H27ClN2O/c1-5-11-21(3,4)25-20-10-9-16(12-15(20)2)19(14-23)24-18-8-6-7-17(22)13-18/h6-10,12-14,24H,5,11,23H2,1-4H3/b19-14-. The van der Waals surface area contributed by atoms with E-state index < -0.39 is 0 Å². The lowest BCUT2D eigenvalue weighted by atomic mass is 10.0. The molecule has 0 aliphatic carbocycles. The summed E-state index contributed by atoms with van der Waals surface area (Å²) < 4.78 is 6.19. The van der Waals surface area contributed by atoms with Crippen LogP contribution in [0, 0.1) is 6.92 Å². The fraction of sp³-hybridized carbons (Fsp3) is 0.333. The normalized spacial score (nSPS) is 12.1.